The molecule has 0 bridgehead atoms. The number of nitrogens with zero attached hydrogens (tertiary/aromatic N) is 1. The second kappa shape index (κ2) is 7.94. The van der Waals surface area contributed by atoms with E-state index in [1.54, 1.807) is 12.1 Å². The first kappa shape index (κ1) is 18.7. The summed E-state index contributed by atoms with van der Waals surface area (Å²) in [5.41, 5.74) is 0.909. The molecule has 0 aliphatic rings. The number of hydrogen-bond acceptors (Lipinski definition) is 5. The molecule has 132 valence electrons. The summed E-state index contributed by atoms with van der Waals surface area (Å²) in [4.78, 5) is 25.9. The van der Waals surface area contributed by atoms with Gasteiger partial charge in [0.1, 0.15) is 0 Å². The van der Waals surface area contributed by atoms with Gasteiger partial charge >= 0.3 is 5.97 Å². The lowest BCUT2D eigenvalue weighted by Crippen LogP contribution is -2.34. The molecule has 0 fully saturated rings. The first-order chi connectivity index (χ1) is 11.8. The molecule has 0 radical (unpaired) electrons. The van der Waals surface area contributed by atoms with Gasteiger partial charge in [0.15, 0.2) is 16.4 Å². The standard InChI is InChI=1S/C18H19NO5S/c1-3-19(15-7-5-4-6-8-15)17(20)13-24-18(21)14-9-11-16(12-10-14)25(2,22)23/h4-12H,3,13H2,1-2H3. The Kier molecular flexibility index (Phi) is 5.93. The summed E-state index contributed by atoms with van der Waals surface area (Å²) in [6.45, 7) is 1.88. The molecule has 0 heterocycles. The molecule has 0 atom stereocenters. The fraction of sp³-hybridized carbons (Fsp3) is 0.222. The Hall–Kier alpha value is -2.67. The SMILES string of the molecule is CCN(C(=O)COC(=O)c1ccc(S(C)(=O)=O)cc1)c1ccccc1. The minimum atomic E-state index is -3.33. The van der Waals surface area contributed by atoms with Crippen LogP contribution in [0.2, 0.25) is 0 Å². The molecule has 25 heavy (non-hydrogen) atoms. The van der Waals surface area contributed by atoms with E-state index in [4.69, 9.17) is 4.74 Å². The lowest BCUT2D eigenvalue weighted by molar-refractivity contribution is -0.121. The summed E-state index contributed by atoms with van der Waals surface area (Å²) in [7, 11) is -3.33. The molecular formula is C18H19NO5S. The van der Waals surface area contributed by atoms with E-state index < -0.39 is 22.4 Å². The quantitative estimate of drug-likeness (QED) is 0.738. The van der Waals surface area contributed by atoms with E-state index in [0.717, 1.165) is 11.9 Å². The number of amides is 1. The molecule has 1 amide bonds. The summed E-state index contributed by atoms with van der Waals surface area (Å²) in [5, 5.41) is 0. The fourth-order valence-corrected chi connectivity index (χ4v) is 2.87. The van der Waals surface area contributed by atoms with Crippen molar-refractivity contribution in [2.45, 2.75) is 11.8 Å². The van der Waals surface area contributed by atoms with Crippen LogP contribution >= 0.6 is 0 Å². The highest BCUT2D eigenvalue weighted by atomic mass is 32.2. The van der Waals surface area contributed by atoms with E-state index in [9.17, 15) is 18.0 Å². The number of ether oxygens (including phenoxy) is 1. The topological polar surface area (TPSA) is 80.8 Å². The normalized spacial score (nSPS) is 11.0. The van der Waals surface area contributed by atoms with E-state index in [1.165, 1.54) is 29.2 Å². The maximum absolute atomic E-state index is 12.3. The largest absolute Gasteiger partial charge is 0.452 e. The molecule has 0 N–H and O–H groups in total. The predicted octanol–water partition coefficient (Wildman–Crippen LogP) is 2.30. The van der Waals surface area contributed by atoms with Crippen molar-refractivity contribution in [1.82, 2.24) is 0 Å². The third-order valence-electron chi connectivity index (χ3n) is 3.53. The Morgan fingerprint density at radius 2 is 1.60 bits per heavy atom. The molecule has 6 nitrogen and oxygen atoms in total. The Bertz CT molecular complexity index is 845. The molecule has 0 saturated heterocycles. The average molecular weight is 361 g/mol. The van der Waals surface area contributed by atoms with Crippen molar-refractivity contribution in [1.29, 1.82) is 0 Å². The molecule has 7 heteroatoms. The van der Waals surface area contributed by atoms with Gasteiger partial charge in [0.05, 0.1) is 10.5 Å². The molecule has 2 rings (SSSR count). The van der Waals surface area contributed by atoms with E-state index in [2.05, 4.69) is 0 Å². The highest BCUT2D eigenvalue weighted by Gasteiger charge is 2.17. The highest BCUT2D eigenvalue weighted by molar-refractivity contribution is 7.90. The van der Waals surface area contributed by atoms with Gasteiger partial charge in [-0.15, -0.1) is 0 Å². The van der Waals surface area contributed by atoms with E-state index in [-0.39, 0.29) is 16.4 Å². The minimum Gasteiger partial charge on any atom is -0.452 e. The van der Waals surface area contributed by atoms with Crippen LogP contribution in [0.3, 0.4) is 0 Å². The van der Waals surface area contributed by atoms with Gasteiger partial charge in [-0.05, 0) is 43.3 Å². The van der Waals surface area contributed by atoms with Crippen LogP contribution in [0.25, 0.3) is 0 Å². The number of benzene rings is 2. The van der Waals surface area contributed by atoms with Gasteiger partial charge < -0.3 is 9.64 Å². The maximum Gasteiger partial charge on any atom is 0.338 e. The molecule has 2 aromatic carbocycles. The van der Waals surface area contributed by atoms with Gasteiger partial charge in [-0.25, -0.2) is 13.2 Å². The van der Waals surface area contributed by atoms with Crippen molar-refractivity contribution in [3.63, 3.8) is 0 Å². The smallest absolute Gasteiger partial charge is 0.338 e. The summed E-state index contributed by atoms with van der Waals surface area (Å²) in [6, 6.07) is 14.5. The summed E-state index contributed by atoms with van der Waals surface area (Å²) < 4.78 is 27.9. The summed E-state index contributed by atoms with van der Waals surface area (Å²) in [5.74, 6) is -1.02. The Balaban J connectivity index is 2.00. The Labute approximate surface area is 146 Å². The zero-order chi connectivity index (χ0) is 18.4. The van der Waals surface area contributed by atoms with Crippen LogP contribution in [0, 0.1) is 0 Å². The third-order valence-corrected chi connectivity index (χ3v) is 4.66. The Morgan fingerprint density at radius 1 is 1.00 bits per heavy atom. The van der Waals surface area contributed by atoms with Crippen LogP contribution < -0.4 is 4.90 Å². The zero-order valence-corrected chi connectivity index (χ0v) is 14.8. The third kappa shape index (κ3) is 4.90. The monoisotopic (exact) mass is 361 g/mol. The lowest BCUT2D eigenvalue weighted by atomic mass is 10.2. The van der Waals surface area contributed by atoms with Gasteiger partial charge in [0.2, 0.25) is 0 Å². The summed E-state index contributed by atoms with van der Waals surface area (Å²) >= 11 is 0. The second-order valence-electron chi connectivity index (χ2n) is 5.35. The fourth-order valence-electron chi connectivity index (χ4n) is 2.24. The number of anilines is 1. The molecule has 2 aromatic rings. The van der Waals surface area contributed by atoms with Crippen LogP contribution in [-0.2, 0) is 19.4 Å². The van der Waals surface area contributed by atoms with Crippen molar-refractivity contribution in [2.75, 3.05) is 24.3 Å². The maximum atomic E-state index is 12.3. The molecular weight excluding hydrogens is 342 g/mol. The van der Waals surface area contributed by atoms with Gasteiger partial charge in [0, 0.05) is 18.5 Å². The van der Waals surface area contributed by atoms with Crippen LogP contribution in [0.15, 0.2) is 59.5 Å². The number of hydrogen-bond donors (Lipinski definition) is 0. The molecule has 0 spiro atoms. The van der Waals surface area contributed by atoms with E-state index in [0.29, 0.717) is 6.54 Å². The zero-order valence-electron chi connectivity index (χ0n) is 14.0. The van der Waals surface area contributed by atoms with Crippen LogP contribution in [0.1, 0.15) is 17.3 Å². The lowest BCUT2D eigenvalue weighted by Gasteiger charge is -2.20. The van der Waals surface area contributed by atoms with Crippen molar-refractivity contribution in [3.8, 4) is 0 Å². The first-order valence-corrected chi connectivity index (χ1v) is 9.54. The number of likely N-dealkylation sites (N-methyl/N-ethyl adjacent to an activating group) is 1. The van der Waals surface area contributed by atoms with Crippen molar-refractivity contribution in [2.24, 2.45) is 0 Å². The molecule has 0 saturated carbocycles. The number of sulfone groups is 1. The van der Waals surface area contributed by atoms with Crippen LogP contribution in [-0.4, -0.2) is 39.7 Å². The Morgan fingerprint density at radius 3 is 2.12 bits per heavy atom. The number of carbonyl (C=O) groups is 2. The average Bonchev–Trinajstić information content (AvgIpc) is 2.60. The number of para-hydroxylation sites is 1. The van der Waals surface area contributed by atoms with Crippen molar-refractivity contribution >= 4 is 27.4 Å². The van der Waals surface area contributed by atoms with Crippen molar-refractivity contribution < 1.29 is 22.7 Å². The molecule has 0 unspecified atom stereocenters. The molecule has 0 aliphatic heterocycles. The van der Waals surface area contributed by atoms with Gasteiger partial charge in [-0.3, -0.25) is 4.79 Å². The second-order valence-corrected chi connectivity index (χ2v) is 7.36. The van der Waals surface area contributed by atoms with Gasteiger partial charge in [0.25, 0.3) is 5.91 Å². The number of esters is 1. The van der Waals surface area contributed by atoms with Crippen LogP contribution in [0.5, 0.6) is 0 Å². The minimum absolute atomic E-state index is 0.112. The van der Waals surface area contributed by atoms with E-state index >= 15 is 0 Å². The highest BCUT2D eigenvalue weighted by Crippen LogP contribution is 2.14. The predicted molar refractivity (Wildman–Crippen MR) is 94.3 cm³/mol. The first-order valence-electron chi connectivity index (χ1n) is 7.65. The van der Waals surface area contributed by atoms with Gasteiger partial charge in [-0.2, -0.15) is 0 Å². The number of carbonyl (C=O) groups excluding carboxylic acids is 2. The van der Waals surface area contributed by atoms with Gasteiger partial charge in [-0.1, -0.05) is 18.2 Å². The number of rotatable bonds is 6. The molecule has 0 aromatic heterocycles. The van der Waals surface area contributed by atoms with E-state index in [1.807, 2.05) is 25.1 Å². The van der Waals surface area contributed by atoms with Crippen LogP contribution in [0.4, 0.5) is 5.69 Å². The van der Waals surface area contributed by atoms with Crippen molar-refractivity contribution in [3.05, 3.63) is 60.2 Å². The molecule has 0 aliphatic carbocycles. The summed E-state index contributed by atoms with van der Waals surface area (Å²) in [6.07, 6.45) is 1.09.